The van der Waals surface area contributed by atoms with Crippen LogP contribution >= 0.6 is 0 Å². The van der Waals surface area contributed by atoms with Crippen LogP contribution in [0.15, 0.2) is 144 Å². The highest BCUT2D eigenvalue weighted by Crippen LogP contribution is 2.48. The van der Waals surface area contributed by atoms with Crippen molar-refractivity contribution in [1.82, 2.24) is 0 Å². The van der Waals surface area contributed by atoms with Gasteiger partial charge >= 0.3 is 0 Å². The lowest BCUT2D eigenvalue weighted by molar-refractivity contribution is 0.414. The van der Waals surface area contributed by atoms with E-state index in [-0.39, 0.29) is 10.8 Å². The van der Waals surface area contributed by atoms with Crippen molar-refractivity contribution in [2.45, 2.75) is 52.4 Å². The normalized spacial score (nSPS) is 12.0. The number of ether oxygens (including phenoxy) is 4. The Labute approximate surface area is 343 Å². The van der Waals surface area contributed by atoms with Crippen LogP contribution in [0, 0.1) is 0 Å². The van der Waals surface area contributed by atoms with Gasteiger partial charge in [-0.2, -0.15) is 0 Å². The zero-order valence-corrected chi connectivity index (χ0v) is 35.2. The number of rotatable bonds is 8. The van der Waals surface area contributed by atoms with Gasteiger partial charge in [-0.15, -0.1) is 0 Å². The van der Waals surface area contributed by atoms with Gasteiger partial charge in [0.05, 0.1) is 28.4 Å². The molecule has 290 valence electrons. The van der Waals surface area contributed by atoms with E-state index in [1.54, 1.807) is 28.4 Å². The molecule has 0 N–H and O–H groups in total. The van der Waals surface area contributed by atoms with Crippen LogP contribution < -0.4 is 18.9 Å². The van der Waals surface area contributed by atoms with Crippen LogP contribution in [0.4, 0.5) is 0 Å². The monoisotopic (exact) mass is 762 g/mol. The summed E-state index contributed by atoms with van der Waals surface area (Å²) in [5.74, 6) is 3.14. The fourth-order valence-electron chi connectivity index (χ4n) is 7.21. The summed E-state index contributed by atoms with van der Waals surface area (Å²) in [5.41, 5.74) is 26.9. The number of methoxy groups -OCH3 is 4. The number of hydrogen-bond donors (Lipinski definition) is 0. The van der Waals surface area contributed by atoms with Gasteiger partial charge < -0.3 is 18.9 Å². The molecular weight excluding hydrogens is 713 g/mol. The minimum Gasteiger partial charge on any atom is -0.497 e. The minimum atomic E-state index is -0.0945. The molecule has 0 radical (unpaired) electrons. The van der Waals surface area contributed by atoms with Gasteiger partial charge in [0, 0.05) is 33.4 Å². The molecule has 4 heteroatoms. The molecule has 1 aliphatic rings. The maximum absolute atomic E-state index is 5.51. The summed E-state index contributed by atoms with van der Waals surface area (Å²) < 4.78 is 22.1. The van der Waals surface area contributed by atoms with Crippen LogP contribution in [-0.2, 0) is 10.8 Å². The Morgan fingerprint density at radius 1 is 0.397 bits per heavy atom. The Hall–Kier alpha value is -6.62. The Balaban J connectivity index is 1.65. The zero-order chi connectivity index (χ0) is 41.2. The molecule has 0 amide bonds. The SMILES string of the molecule is COc1ccc(C(=C=C=C2C(=C=C=C(c3ccc(OC)cc3)c3ccc(OC)cc3)c3cc(C(C)(C)C)cc4cc(C(C)(C)C)cc2c34)c2ccc(OC)cc2)cc1. The van der Waals surface area contributed by atoms with E-state index >= 15 is 0 Å². The summed E-state index contributed by atoms with van der Waals surface area (Å²) in [6.07, 6.45) is 0. The third-order valence-corrected chi connectivity index (χ3v) is 10.7. The summed E-state index contributed by atoms with van der Waals surface area (Å²) in [7, 11) is 6.72. The highest BCUT2D eigenvalue weighted by Gasteiger charge is 2.29. The van der Waals surface area contributed by atoms with E-state index in [1.165, 1.54) is 21.9 Å². The first-order valence-electron chi connectivity index (χ1n) is 19.5. The molecule has 4 nitrogen and oxygen atoms in total. The summed E-state index contributed by atoms with van der Waals surface area (Å²) in [6.45, 7) is 13.6. The lowest BCUT2D eigenvalue weighted by Gasteiger charge is -2.23. The average molecular weight is 763 g/mol. The molecule has 0 bridgehead atoms. The van der Waals surface area contributed by atoms with Crippen molar-refractivity contribution < 1.29 is 18.9 Å². The smallest absolute Gasteiger partial charge is 0.118 e. The quantitative estimate of drug-likeness (QED) is 0.145. The van der Waals surface area contributed by atoms with Gasteiger partial charge in [-0.3, -0.25) is 0 Å². The average Bonchev–Trinajstić information content (AvgIpc) is 3.53. The van der Waals surface area contributed by atoms with Crippen LogP contribution in [0.3, 0.4) is 0 Å². The van der Waals surface area contributed by atoms with E-state index in [0.29, 0.717) is 0 Å². The Bertz CT molecular complexity index is 2420. The van der Waals surface area contributed by atoms with Crippen LogP contribution in [0.5, 0.6) is 23.0 Å². The molecule has 0 saturated heterocycles. The van der Waals surface area contributed by atoms with Crippen molar-refractivity contribution in [2.24, 2.45) is 0 Å². The van der Waals surface area contributed by atoms with E-state index in [1.807, 2.05) is 48.5 Å². The predicted octanol–water partition coefficient (Wildman–Crippen LogP) is 13.0. The maximum atomic E-state index is 5.51. The van der Waals surface area contributed by atoms with E-state index in [2.05, 4.69) is 137 Å². The molecule has 0 aromatic heterocycles. The van der Waals surface area contributed by atoms with Gasteiger partial charge in [-0.1, -0.05) is 125 Å². The first-order valence-corrected chi connectivity index (χ1v) is 19.5. The molecule has 7 rings (SSSR count). The van der Waals surface area contributed by atoms with E-state index in [4.69, 9.17) is 18.9 Å². The third kappa shape index (κ3) is 8.11. The number of allylic oxidation sites excluding steroid dienone is 2. The Morgan fingerprint density at radius 2 is 0.672 bits per heavy atom. The van der Waals surface area contributed by atoms with Gasteiger partial charge in [-0.25, -0.2) is 0 Å². The summed E-state index contributed by atoms with van der Waals surface area (Å²) in [4.78, 5) is 0. The van der Waals surface area contributed by atoms with Gasteiger partial charge in [-0.05, 0) is 116 Å². The molecule has 0 aliphatic heterocycles. The first-order chi connectivity index (χ1) is 27.8. The summed E-state index contributed by atoms with van der Waals surface area (Å²) in [5, 5.41) is 2.38. The largest absolute Gasteiger partial charge is 0.497 e. The molecule has 6 aromatic rings. The van der Waals surface area contributed by atoms with Gasteiger partial charge in [0.15, 0.2) is 0 Å². The topological polar surface area (TPSA) is 36.9 Å². The van der Waals surface area contributed by atoms with Crippen molar-refractivity contribution in [3.63, 3.8) is 0 Å². The Kier molecular flexibility index (Phi) is 11.0. The van der Waals surface area contributed by atoms with E-state index in [9.17, 15) is 0 Å². The van der Waals surface area contributed by atoms with Gasteiger partial charge in [0.25, 0.3) is 0 Å². The number of hydrogen-bond acceptors (Lipinski definition) is 4. The fraction of sp³-hybridized carbons (Fsp3) is 0.222. The van der Waals surface area contributed by atoms with Crippen LogP contribution in [0.25, 0.3) is 33.1 Å². The van der Waals surface area contributed by atoms with Crippen LogP contribution in [0.1, 0.15) is 86.1 Å². The molecule has 6 aromatic carbocycles. The first kappa shape index (κ1) is 39.6. The lowest BCUT2D eigenvalue weighted by Crippen LogP contribution is -2.12. The standard InChI is InChI=1S/C54H50O4/c1-53(2,3)40-31-39-32-41(54(4,5)6)34-51-49(30-28-47(37-15-23-44(57-9)24-16-37)38-17-25-45(58-10)26-18-38)48(50(33-40)52(39)51)29-27-46(35-11-19-42(55-7)20-12-35)36-13-21-43(56-8)22-14-36/h11-26,31-34H,1-10H3. The molecule has 1 aliphatic carbocycles. The van der Waals surface area contributed by atoms with E-state index < -0.39 is 0 Å². The predicted molar refractivity (Wildman–Crippen MR) is 239 cm³/mol. The molecular formula is C54H50O4. The van der Waals surface area contributed by atoms with Crippen molar-refractivity contribution in [1.29, 1.82) is 0 Å². The second kappa shape index (κ2) is 16.1. The lowest BCUT2D eigenvalue weighted by atomic mass is 9.81. The van der Waals surface area contributed by atoms with Crippen molar-refractivity contribution >= 4 is 33.1 Å². The molecule has 58 heavy (non-hydrogen) atoms. The molecule has 0 atom stereocenters. The summed E-state index contributed by atoms with van der Waals surface area (Å²) in [6, 6.07) is 41.7. The molecule has 0 spiro atoms. The molecule has 0 unspecified atom stereocenters. The molecule has 0 fully saturated rings. The number of benzene rings is 6. The van der Waals surface area contributed by atoms with Gasteiger partial charge in [0.1, 0.15) is 23.0 Å². The molecule has 0 saturated carbocycles. The van der Waals surface area contributed by atoms with E-state index in [0.717, 1.165) is 78.7 Å². The zero-order valence-electron chi connectivity index (χ0n) is 35.2. The summed E-state index contributed by atoms with van der Waals surface area (Å²) >= 11 is 0. The Morgan fingerprint density at radius 3 is 0.914 bits per heavy atom. The maximum Gasteiger partial charge on any atom is 0.118 e. The van der Waals surface area contributed by atoms with Crippen molar-refractivity contribution in [3.05, 3.63) is 189 Å². The highest BCUT2D eigenvalue weighted by molar-refractivity contribution is 6.22. The fourth-order valence-corrected chi connectivity index (χ4v) is 7.21. The second-order valence-corrected chi connectivity index (χ2v) is 16.6. The van der Waals surface area contributed by atoms with Gasteiger partial charge in [0.2, 0.25) is 0 Å². The van der Waals surface area contributed by atoms with Crippen molar-refractivity contribution in [3.8, 4) is 23.0 Å². The second-order valence-electron chi connectivity index (χ2n) is 16.6. The third-order valence-electron chi connectivity index (χ3n) is 10.7. The van der Waals surface area contributed by atoms with Crippen LogP contribution in [-0.4, -0.2) is 28.4 Å². The van der Waals surface area contributed by atoms with Crippen LogP contribution in [0.2, 0.25) is 0 Å². The minimum absolute atomic E-state index is 0.0945. The van der Waals surface area contributed by atoms with Crippen molar-refractivity contribution in [2.75, 3.05) is 28.4 Å². The molecule has 0 heterocycles. The highest BCUT2D eigenvalue weighted by atomic mass is 16.5.